The van der Waals surface area contributed by atoms with Gasteiger partial charge in [0.1, 0.15) is 11.7 Å². The molecule has 0 unspecified atom stereocenters. The molecule has 0 N–H and O–H groups in total. The quantitative estimate of drug-likeness (QED) is 0.608. The monoisotopic (exact) mass is 348 g/mol. The first-order chi connectivity index (χ1) is 12.2. The first-order valence-corrected chi connectivity index (χ1v) is 9.32. The van der Waals surface area contributed by atoms with Crippen LogP contribution in [0.5, 0.6) is 0 Å². The van der Waals surface area contributed by atoms with E-state index in [0.717, 1.165) is 13.1 Å². The SMILES string of the molecule is CCN(CCC#N)c1ccc(/C=C/c2sc3ccccc3[n+]2C)cc1. The first-order valence-electron chi connectivity index (χ1n) is 8.50. The van der Waals surface area contributed by atoms with Gasteiger partial charge in [-0.3, -0.25) is 0 Å². The number of thiazole rings is 1. The molecule has 1 heterocycles. The molecule has 3 aromatic rings. The summed E-state index contributed by atoms with van der Waals surface area (Å²) in [4.78, 5) is 2.22. The third-order valence-corrected chi connectivity index (χ3v) is 5.51. The van der Waals surface area contributed by atoms with Gasteiger partial charge in [-0.1, -0.05) is 35.6 Å². The maximum absolute atomic E-state index is 8.77. The molecule has 0 atom stereocenters. The maximum Gasteiger partial charge on any atom is 0.262 e. The molecule has 4 heteroatoms. The van der Waals surface area contributed by atoms with E-state index in [4.69, 9.17) is 5.26 Å². The highest BCUT2D eigenvalue weighted by molar-refractivity contribution is 7.18. The van der Waals surface area contributed by atoms with Gasteiger partial charge < -0.3 is 4.90 Å². The van der Waals surface area contributed by atoms with Gasteiger partial charge in [-0.05, 0) is 36.8 Å². The van der Waals surface area contributed by atoms with Gasteiger partial charge in [0.25, 0.3) is 5.01 Å². The number of aromatic nitrogens is 1. The molecule has 0 saturated heterocycles. The number of hydrogen-bond acceptors (Lipinski definition) is 3. The van der Waals surface area contributed by atoms with E-state index >= 15 is 0 Å². The molecule has 0 saturated carbocycles. The predicted molar refractivity (Wildman–Crippen MR) is 106 cm³/mol. The molecule has 0 aliphatic carbocycles. The van der Waals surface area contributed by atoms with E-state index in [9.17, 15) is 0 Å². The van der Waals surface area contributed by atoms with Crippen LogP contribution >= 0.6 is 11.3 Å². The Bertz CT molecular complexity index is 916. The Morgan fingerprint density at radius 2 is 1.88 bits per heavy atom. The topological polar surface area (TPSA) is 30.9 Å². The average molecular weight is 348 g/mol. The minimum absolute atomic E-state index is 0.554. The minimum atomic E-state index is 0.554. The summed E-state index contributed by atoms with van der Waals surface area (Å²) in [7, 11) is 2.11. The van der Waals surface area contributed by atoms with Gasteiger partial charge in [0.05, 0.1) is 12.5 Å². The molecule has 3 rings (SSSR count). The minimum Gasteiger partial charge on any atom is -0.371 e. The Hall–Kier alpha value is -2.64. The first kappa shape index (κ1) is 17.2. The van der Waals surface area contributed by atoms with Crippen LogP contribution < -0.4 is 9.47 Å². The van der Waals surface area contributed by atoms with Crippen molar-refractivity contribution in [1.82, 2.24) is 0 Å². The molecule has 25 heavy (non-hydrogen) atoms. The van der Waals surface area contributed by atoms with E-state index in [1.165, 1.54) is 26.5 Å². The molecule has 126 valence electrons. The van der Waals surface area contributed by atoms with Crippen LogP contribution in [0.2, 0.25) is 0 Å². The molecular formula is C21H22N3S+. The molecule has 0 aliphatic rings. The van der Waals surface area contributed by atoms with E-state index in [-0.39, 0.29) is 0 Å². The molecule has 0 amide bonds. The van der Waals surface area contributed by atoms with Crippen molar-refractivity contribution < 1.29 is 4.57 Å². The molecule has 1 aromatic heterocycles. The number of rotatable bonds is 6. The van der Waals surface area contributed by atoms with E-state index < -0.39 is 0 Å². The van der Waals surface area contributed by atoms with Gasteiger partial charge in [0.15, 0.2) is 0 Å². The largest absolute Gasteiger partial charge is 0.371 e. The van der Waals surface area contributed by atoms with Crippen molar-refractivity contribution >= 4 is 39.4 Å². The zero-order valence-corrected chi connectivity index (χ0v) is 15.5. The van der Waals surface area contributed by atoms with E-state index in [0.29, 0.717) is 6.42 Å². The molecule has 2 aromatic carbocycles. The standard InChI is InChI=1S/C21H22N3S/c1-3-24(16-6-15-22)18-12-9-17(10-13-18)11-14-21-23(2)19-7-4-5-8-20(19)25-21/h4-5,7-14H,3,6,16H2,1-2H3/q+1. The van der Waals surface area contributed by atoms with Gasteiger partial charge >= 0.3 is 0 Å². The normalized spacial score (nSPS) is 11.1. The number of nitrogens with zero attached hydrogens (tertiary/aromatic N) is 3. The van der Waals surface area contributed by atoms with Crippen LogP contribution in [0.1, 0.15) is 23.9 Å². The number of fused-ring (bicyclic) bond motifs is 1. The van der Waals surface area contributed by atoms with Gasteiger partial charge in [-0.15, -0.1) is 0 Å². The lowest BCUT2D eigenvalue weighted by Crippen LogP contribution is -2.28. The van der Waals surface area contributed by atoms with Crippen LogP contribution in [0.25, 0.3) is 22.4 Å². The van der Waals surface area contributed by atoms with Crippen LogP contribution in [-0.2, 0) is 7.05 Å². The Kier molecular flexibility index (Phi) is 5.47. The number of nitriles is 1. The molecule has 3 nitrogen and oxygen atoms in total. The summed E-state index contributed by atoms with van der Waals surface area (Å²) in [5.41, 5.74) is 3.61. The smallest absolute Gasteiger partial charge is 0.262 e. The van der Waals surface area contributed by atoms with Crippen LogP contribution in [-0.4, -0.2) is 13.1 Å². The fourth-order valence-electron chi connectivity index (χ4n) is 2.88. The van der Waals surface area contributed by atoms with Crippen molar-refractivity contribution in [1.29, 1.82) is 5.26 Å². The molecule has 0 fully saturated rings. The average Bonchev–Trinajstić information content (AvgIpc) is 2.98. The summed E-state index contributed by atoms with van der Waals surface area (Å²) in [6, 6.07) is 19.2. The third-order valence-electron chi connectivity index (χ3n) is 4.32. The van der Waals surface area contributed by atoms with Gasteiger partial charge in [0.2, 0.25) is 5.52 Å². The second-order valence-corrected chi connectivity index (χ2v) is 6.94. The van der Waals surface area contributed by atoms with Crippen molar-refractivity contribution in [2.24, 2.45) is 7.05 Å². The van der Waals surface area contributed by atoms with Crippen molar-refractivity contribution in [3.63, 3.8) is 0 Å². The Morgan fingerprint density at radius 3 is 2.56 bits per heavy atom. The number of anilines is 1. The molecule has 0 spiro atoms. The second kappa shape index (κ2) is 7.96. The lowest BCUT2D eigenvalue weighted by Gasteiger charge is -2.21. The van der Waals surface area contributed by atoms with Gasteiger partial charge in [0, 0.05) is 30.9 Å². The molecule has 0 bridgehead atoms. The van der Waals surface area contributed by atoms with Crippen LogP contribution in [0.4, 0.5) is 5.69 Å². The van der Waals surface area contributed by atoms with Crippen LogP contribution in [0, 0.1) is 11.3 Å². The van der Waals surface area contributed by atoms with Crippen molar-refractivity contribution in [3.8, 4) is 6.07 Å². The fraction of sp³-hybridized carbons (Fsp3) is 0.238. The summed E-state index contributed by atoms with van der Waals surface area (Å²) >= 11 is 1.80. The Morgan fingerprint density at radius 1 is 1.12 bits per heavy atom. The zero-order valence-electron chi connectivity index (χ0n) is 14.6. The predicted octanol–water partition coefficient (Wildman–Crippen LogP) is 4.64. The van der Waals surface area contributed by atoms with Gasteiger partial charge in [-0.25, -0.2) is 0 Å². The molecule has 0 radical (unpaired) electrons. The Balaban J connectivity index is 1.77. The summed E-state index contributed by atoms with van der Waals surface area (Å²) in [5.74, 6) is 0. The third kappa shape index (κ3) is 3.89. The lowest BCUT2D eigenvalue weighted by molar-refractivity contribution is -0.642. The highest BCUT2D eigenvalue weighted by atomic mass is 32.1. The highest BCUT2D eigenvalue weighted by Crippen LogP contribution is 2.22. The van der Waals surface area contributed by atoms with Crippen molar-refractivity contribution in [3.05, 3.63) is 59.1 Å². The number of aryl methyl sites for hydroxylation is 1. The highest BCUT2D eigenvalue weighted by Gasteiger charge is 2.13. The molecular weight excluding hydrogens is 326 g/mol. The lowest BCUT2D eigenvalue weighted by atomic mass is 10.1. The van der Waals surface area contributed by atoms with Crippen LogP contribution in [0.3, 0.4) is 0 Å². The Labute approximate surface area is 153 Å². The fourth-order valence-corrected chi connectivity index (χ4v) is 3.94. The number of hydrogen-bond donors (Lipinski definition) is 0. The number of para-hydroxylation sites is 1. The summed E-state index contributed by atoms with van der Waals surface area (Å²) < 4.78 is 3.53. The molecule has 0 aliphatic heterocycles. The van der Waals surface area contributed by atoms with E-state index in [1.807, 2.05) is 0 Å². The van der Waals surface area contributed by atoms with Crippen molar-refractivity contribution in [2.75, 3.05) is 18.0 Å². The maximum atomic E-state index is 8.77. The van der Waals surface area contributed by atoms with Gasteiger partial charge in [-0.2, -0.15) is 9.83 Å². The zero-order chi connectivity index (χ0) is 17.6. The van der Waals surface area contributed by atoms with Crippen LogP contribution in [0.15, 0.2) is 48.5 Å². The van der Waals surface area contributed by atoms with Crippen molar-refractivity contribution in [2.45, 2.75) is 13.3 Å². The summed E-state index contributed by atoms with van der Waals surface area (Å²) in [5, 5.41) is 10.00. The summed E-state index contributed by atoms with van der Waals surface area (Å²) in [6.45, 7) is 3.81. The number of benzene rings is 2. The second-order valence-electron chi connectivity index (χ2n) is 5.88. The van der Waals surface area contributed by atoms with E-state index in [1.54, 1.807) is 11.3 Å². The summed E-state index contributed by atoms with van der Waals surface area (Å²) in [6.07, 6.45) is 4.88. The van der Waals surface area contributed by atoms with E-state index in [2.05, 4.69) is 90.2 Å².